The normalized spacial score (nSPS) is 13.1. The number of hydrogen-bond donors (Lipinski definition) is 2. The average molecular weight is 397 g/mol. The van der Waals surface area contributed by atoms with Gasteiger partial charge in [0.25, 0.3) is 5.91 Å². The predicted octanol–water partition coefficient (Wildman–Crippen LogP) is 3.01. The molecule has 0 spiro atoms. The van der Waals surface area contributed by atoms with Gasteiger partial charge < -0.3 is 14.8 Å². The number of amides is 1. The molecule has 2 aromatic carbocycles. The van der Waals surface area contributed by atoms with Crippen molar-refractivity contribution in [3.8, 4) is 11.5 Å². The molecule has 1 aliphatic rings. The highest BCUT2D eigenvalue weighted by molar-refractivity contribution is 7.89. The van der Waals surface area contributed by atoms with E-state index in [9.17, 15) is 13.2 Å². The van der Waals surface area contributed by atoms with E-state index in [1.165, 1.54) is 18.2 Å². The van der Waals surface area contributed by atoms with Gasteiger partial charge in [0.15, 0.2) is 11.5 Å². The van der Waals surface area contributed by atoms with Crippen LogP contribution in [0.3, 0.4) is 0 Å². The molecule has 1 aliphatic heterocycles. The monoisotopic (exact) mass is 396 g/mol. The molecule has 0 aliphatic carbocycles. The van der Waals surface area contributed by atoms with Crippen LogP contribution in [0.15, 0.2) is 41.3 Å². The maximum atomic E-state index is 12.6. The Labute approximate surface area is 156 Å². The lowest BCUT2D eigenvalue weighted by Crippen LogP contribution is -2.30. The summed E-state index contributed by atoms with van der Waals surface area (Å²) in [6.45, 7) is 3.54. The Morgan fingerprint density at radius 1 is 1.12 bits per heavy atom. The largest absolute Gasteiger partial charge is 0.454 e. The fourth-order valence-electron chi connectivity index (χ4n) is 2.40. The van der Waals surface area contributed by atoms with E-state index in [0.29, 0.717) is 17.2 Å². The van der Waals surface area contributed by atoms with Gasteiger partial charge in [0.1, 0.15) is 0 Å². The third kappa shape index (κ3) is 3.92. The van der Waals surface area contributed by atoms with Gasteiger partial charge in [-0.2, -0.15) is 0 Å². The third-order valence-electron chi connectivity index (χ3n) is 3.51. The Hall–Kier alpha value is -2.29. The quantitative estimate of drug-likeness (QED) is 0.810. The lowest BCUT2D eigenvalue weighted by atomic mass is 10.2. The second kappa shape index (κ2) is 7.14. The zero-order valence-electron chi connectivity index (χ0n) is 14.1. The first-order valence-corrected chi connectivity index (χ1v) is 9.65. The number of rotatable bonds is 5. The first kappa shape index (κ1) is 18.5. The van der Waals surface area contributed by atoms with Crippen LogP contribution in [-0.4, -0.2) is 27.2 Å². The van der Waals surface area contributed by atoms with Crippen molar-refractivity contribution in [2.24, 2.45) is 0 Å². The highest BCUT2D eigenvalue weighted by Crippen LogP contribution is 2.34. The Morgan fingerprint density at radius 2 is 1.85 bits per heavy atom. The van der Waals surface area contributed by atoms with Crippen LogP contribution in [0.2, 0.25) is 5.02 Å². The third-order valence-corrected chi connectivity index (χ3v) is 5.50. The number of halogens is 1. The maximum absolute atomic E-state index is 12.6. The van der Waals surface area contributed by atoms with E-state index in [-0.39, 0.29) is 28.3 Å². The maximum Gasteiger partial charge on any atom is 0.257 e. The summed E-state index contributed by atoms with van der Waals surface area (Å²) in [6, 6.07) is 8.65. The summed E-state index contributed by atoms with van der Waals surface area (Å²) in [5.74, 6) is 0.579. The smallest absolute Gasteiger partial charge is 0.257 e. The molecule has 2 N–H and O–H groups in total. The SMILES string of the molecule is CC(C)NS(=O)(=O)c1ccc(Cl)c(C(=O)Nc2ccc3c(c2)OCO3)c1. The van der Waals surface area contributed by atoms with Crippen molar-refractivity contribution in [2.75, 3.05) is 12.1 Å². The van der Waals surface area contributed by atoms with Crippen LogP contribution in [0.5, 0.6) is 11.5 Å². The first-order chi connectivity index (χ1) is 12.3. The van der Waals surface area contributed by atoms with E-state index in [2.05, 4.69) is 10.0 Å². The molecular formula is C17H17ClN2O5S. The fourth-order valence-corrected chi connectivity index (χ4v) is 3.88. The van der Waals surface area contributed by atoms with Crippen LogP contribution in [0.1, 0.15) is 24.2 Å². The fraction of sp³-hybridized carbons (Fsp3) is 0.235. The Kier molecular flexibility index (Phi) is 5.08. The van der Waals surface area contributed by atoms with Gasteiger partial charge in [0.05, 0.1) is 15.5 Å². The minimum Gasteiger partial charge on any atom is -0.454 e. The zero-order valence-corrected chi connectivity index (χ0v) is 15.6. The molecule has 0 fully saturated rings. The molecule has 26 heavy (non-hydrogen) atoms. The van der Waals surface area contributed by atoms with Gasteiger partial charge >= 0.3 is 0 Å². The molecule has 9 heteroatoms. The number of carbonyl (C=O) groups excluding carboxylic acids is 1. The summed E-state index contributed by atoms with van der Waals surface area (Å²) in [5, 5.41) is 2.82. The molecule has 1 amide bonds. The summed E-state index contributed by atoms with van der Waals surface area (Å²) in [5.41, 5.74) is 0.528. The molecule has 0 aromatic heterocycles. The second-order valence-electron chi connectivity index (χ2n) is 5.94. The van der Waals surface area contributed by atoms with Gasteiger partial charge in [-0.05, 0) is 44.2 Å². The standard InChI is InChI=1S/C17H17ClN2O5S/c1-10(2)20-26(22,23)12-4-5-14(18)13(8-12)17(21)19-11-3-6-15-16(7-11)25-9-24-15/h3-8,10,20H,9H2,1-2H3,(H,19,21). The molecule has 3 rings (SSSR count). The lowest BCUT2D eigenvalue weighted by molar-refractivity contribution is 0.102. The van der Waals surface area contributed by atoms with Crippen LogP contribution in [0.25, 0.3) is 0 Å². The molecule has 0 saturated heterocycles. The lowest BCUT2D eigenvalue weighted by Gasteiger charge is -2.12. The highest BCUT2D eigenvalue weighted by atomic mass is 35.5. The van der Waals surface area contributed by atoms with Crippen molar-refractivity contribution in [3.05, 3.63) is 47.0 Å². The number of benzene rings is 2. The summed E-state index contributed by atoms with van der Waals surface area (Å²) in [7, 11) is -3.74. The van der Waals surface area contributed by atoms with Gasteiger partial charge in [-0.25, -0.2) is 13.1 Å². The van der Waals surface area contributed by atoms with Crippen LogP contribution in [-0.2, 0) is 10.0 Å². The van der Waals surface area contributed by atoms with Gasteiger partial charge in [0, 0.05) is 17.8 Å². The van der Waals surface area contributed by atoms with Crippen LogP contribution in [0, 0.1) is 0 Å². The van der Waals surface area contributed by atoms with Crippen molar-refractivity contribution in [3.63, 3.8) is 0 Å². The number of anilines is 1. The molecule has 0 radical (unpaired) electrons. The number of fused-ring (bicyclic) bond motifs is 1. The van der Waals surface area contributed by atoms with Crippen molar-refractivity contribution in [2.45, 2.75) is 24.8 Å². The Bertz CT molecular complexity index is 960. The number of ether oxygens (including phenoxy) is 2. The molecule has 0 saturated carbocycles. The molecule has 138 valence electrons. The molecule has 0 unspecified atom stereocenters. The van der Waals surface area contributed by atoms with Gasteiger partial charge in [-0.1, -0.05) is 11.6 Å². The highest BCUT2D eigenvalue weighted by Gasteiger charge is 2.20. The second-order valence-corrected chi connectivity index (χ2v) is 8.06. The number of nitrogens with one attached hydrogen (secondary N) is 2. The molecule has 7 nitrogen and oxygen atoms in total. The minimum atomic E-state index is -3.74. The van der Waals surface area contributed by atoms with Crippen molar-refractivity contribution in [1.82, 2.24) is 4.72 Å². The van der Waals surface area contributed by atoms with Crippen LogP contribution >= 0.6 is 11.6 Å². The summed E-state index contributed by atoms with van der Waals surface area (Å²) >= 11 is 6.09. The van der Waals surface area contributed by atoms with E-state index in [1.54, 1.807) is 32.0 Å². The summed E-state index contributed by atoms with van der Waals surface area (Å²) in [6.07, 6.45) is 0. The minimum absolute atomic E-state index is 0.0357. The molecule has 1 heterocycles. The number of sulfonamides is 1. The molecule has 0 atom stereocenters. The molecular weight excluding hydrogens is 380 g/mol. The molecule has 0 bridgehead atoms. The Morgan fingerprint density at radius 3 is 2.58 bits per heavy atom. The van der Waals surface area contributed by atoms with Crippen LogP contribution < -0.4 is 19.5 Å². The van der Waals surface area contributed by atoms with Crippen LogP contribution in [0.4, 0.5) is 5.69 Å². The van der Waals surface area contributed by atoms with Gasteiger partial charge in [-0.3, -0.25) is 4.79 Å². The number of carbonyl (C=O) groups is 1. The number of hydrogen-bond acceptors (Lipinski definition) is 5. The average Bonchev–Trinajstić information content (AvgIpc) is 3.01. The van der Waals surface area contributed by atoms with E-state index < -0.39 is 15.9 Å². The topological polar surface area (TPSA) is 93.7 Å². The van der Waals surface area contributed by atoms with E-state index in [0.717, 1.165) is 0 Å². The Balaban J connectivity index is 1.86. The van der Waals surface area contributed by atoms with Crippen molar-refractivity contribution < 1.29 is 22.7 Å². The van der Waals surface area contributed by atoms with E-state index >= 15 is 0 Å². The summed E-state index contributed by atoms with van der Waals surface area (Å²) < 4.78 is 37.5. The van der Waals surface area contributed by atoms with Gasteiger partial charge in [0.2, 0.25) is 16.8 Å². The van der Waals surface area contributed by atoms with Gasteiger partial charge in [-0.15, -0.1) is 0 Å². The van der Waals surface area contributed by atoms with Crippen molar-refractivity contribution >= 4 is 33.2 Å². The predicted molar refractivity (Wildman–Crippen MR) is 97.4 cm³/mol. The van der Waals surface area contributed by atoms with E-state index in [4.69, 9.17) is 21.1 Å². The van der Waals surface area contributed by atoms with Crippen molar-refractivity contribution in [1.29, 1.82) is 0 Å². The van der Waals surface area contributed by atoms with E-state index in [1.807, 2.05) is 0 Å². The zero-order chi connectivity index (χ0) is 18.9. The molecule has 2 aromatic rings. The summed E-state index contributed by atoms with van der Waals surface area (Å²) in [4.78, 5) is 12.5. The first-order valence-electron chi connectivity index (χ1n) is 7.79.